The summed E-state index contributed by atoms with van der Waals surface area (Å²) >= 11 is 0. The second-order valence-corrected chi connectivity index (χ2v) is 5.17. The summed E-state index contributed by atoms with van der Waals surface area (Å²) in [5.74, 6) is 0.0208. The summed E-state index contributed by atoms with van der Waals surface area (Å²) in [7, 11) is 0. The summed E-state index contributed by atoms with van der Waals surface area (Å²) in [5, 5.41) is 9.86. The molecule has 1 aromatic heterocycles. The van der Waals surface area contributed by atoms with E-state index in [4.69, 9.17) is 9.15 Å². The van der Waals surface area contributed by atoms with Gasteiger partial charge in [0.15, 0.2) is 0 Å². The van der Waals surface area contributed by atoms with Crippen LogP contribution in [0.1, 0.15) is 34.7 Å². The molecule has 2 aromatic carbocycles. The maximum absolute atomic E-state index is 11.4. The van der Waals surface area contributed by atoms with Crippen LogP contribution in [0.15, 0.2) is 52.9 Å². The van der Waals surface area contributed by atoms with Crippen molar-refractivity contribution in [3.63, 3.8) is 0 Å². The van der Waals surface area contributed by atoms with E-state index in [0.29, 0.717) is 22.5 Å². The van der Waals surface area contributed by atoms with Gasteiger partial charge >= 0.3 is 5.97 Å². The number of carboxylic acids is 1. The summed E-state index contributed by atoms with van der Waals surface area (Å²) in [6.07, 6.45) is -0.125. The molecule has 0 aliphatic rings. The zero-order chi connectivity index (χ0) is 15.7. The van der Waals surface area contributed by atoms with Crippen molar-refractivity contribution in [2.75, 3.05) is 0 Å². The van der Waals surface area contributed by atoms with E-state index in [-0.39, 0.29) is 11.7 Å². The Kier molecular flexibility index (Phi) is 3.59. The van der Waals surface area contributed by atoms with Crippen LogP contribution in [0.5, 0.6) is 5.75 Å². The highest BCUT2D eigenvalue weighted by molar-refractivity contribution is 6.03. The van der Waals surface area contributed by atoms with Crippen LogP contribution < -0.4 is 4.74 Å². The number of hydrogen-bond donors (Lipinski definition) is 1. The standard InChI is InChI=1S/C18H16O4/c1-11(13-6-4-3-5-7-13)21-14-8-9-16-15(10-14)17(18(19)20)12(2)22-16/h3-11H,1-2H3,(H,19,20). The van der Waals surface area contributed by atoms with E-state index < -0.39 is 5.97 Å². The van der Waals surface area contributed by atoms with Gasteiger partial charge in [0.1, 0.15) is 28.8 Å². The van der Waals surface area contributed by atoms with E-state index in [9.17, 15) is 9.90 Å². The summed E-state index contributed by atoms with van der Waals surface area (Å²) in [4.78, 5) is 11.4. The molecule has 0 saturated carbocycles. The van der Waals surface area contributed by atoms with Gasteiger partial charge in [0.25, 0.3) is 0 Å². The predicted octanol–water partition coefficient (Wildman–Crippen LogP) is 4.58. The second-order valence-electron chi connectivity index (χ2n) is 5.17. The molecule has 0 saturated heterocycles. The minimum atomic E-state index is -0.996. The summed E-state index contributed by atoms with van der Waals surface area (Å²) in [6, 6.07) is 15.1. The third-order valence-electron chi connectivity index (χ3n) is 3.63. The number of fused-ring (bicyclic) bond motifs is 1. The molecule has 0 radical (unpaired) electrons. The largest absolute Gasteiger partial charge is 0.486 e. The summed E-state index contributed by atoms with van der Waals surface area (Å²) in [6.45, 7) is 3.61. The molecule has 0 fully saturated rings. The molecule has 4 heteroatoms. The first-order valence-electron chi connectivity index (χ1n) is 7.04. The van der Waals surface area contributed by atoms with Gasteiger partial charge in [0.05, 0.1) is 0 Å². The molecule has 3 aromatic rings. The SMILES string of the molecule is Cc1oc2ccc(OC(C)c3ccccc3)cc2c1C(=O)O. The number of ether oxygens (including phenoxy) is 1. The Bertz CT molecular complexity index is 818. The van der Waals surface area contributed by atoms with E-state index in [1.54, 1.807) is 25.1 Å². The molecule has 0 aliphatic carbocycles. The number of furan rings is 1. The van der Waals surface area contributed by atoms with Crippen molar-refractivity contribution in [3.8, 4) is 5.75 Å². The van der Waals surface area contributed by atoms with Crippen LogP contribution in [-0.2, 0) is 0 Å². The van der Waals surface area contributed by atoms with Crippen molar-refractivity contribution in [1.82, 2.24) is 0 Å². The Hall–Kier alpha value is -2.75. The van der Waals surface area contributed by atoms with Gasteiger partial charge < -0.3 is 14.3 Å². The predicted molar refractivity (Wildman–Crippen MR) is 83.4 cm³/mol. The molecule has 1 unspecified atom stereocenters. The van der Waals surface area contributed by atoms with E-state index in [1.807, 2.05) is 37.3 Å². The van der Waals surface area contributed by atoms with E-state index >= 15 is 0 Å². The van der Waals surface area contributed by atoms with Crippen LogP contribution in [0.2, 0.25) is 0 Å². The van der Waals surface area contributed by atoms with E-state index in [1.165, 1.54) is 0 Å². The van der Waals surface area contributed by atoms with Crippen LogP contribution >= 0.6 is 0 Å². The van der Waals surface area contributed by atoms with Crippen molar-refractivity contribution in [2.24, 2.45) is 0 Å². The zero-order valence-corrected chi connectivity index (χ0v) is 12.4. The van der Waals surface area contributed by atoms with Gasteiger partial charge in [-0.15, -0.1) is 0 Å². The van der Waals surface area contributed by atoms with E-state index in [2.05, 4.69) is 0 Å². The molecule has 0 bridgehead atoms. The molecule has 1 heterocycles. The average molecular weight is 296 g/mol. The molecule has 1 N–H and O–H groups in total. The Morgan fingerprint density at radius 1 is 1.18 bits per heavy atom. The third kappa shape index (κ3) is 2.55. The molecule has 112 valence electrons. The van der Waals surface area contributed by atoms with Gasteiger partial charge in [0, 0.05) is 5.39 Å². The van der Waals surface area contributed by atoms with Crippen LogP contribution in [0, 0.1) is 6.92 Å². The van der Waals surface area contributed by atoms with Crippen LogP contribution in [0.4, 0.5) is 0 Å². The molecule has 0 spiro atoms. The summed E-state index contributed by atoms with van der Waals surface area (Å²) < 4.78 is 11.4. The van der Waals surface area contributed by atoms with Gasteiger partial charge in [-0.2, -0.15) is 0 Å². The lowest BCUT2D eigenvalue weighted by Gasteiger charge is -2.15. The lowest BCUT2D eigenvalue weighted by molar-refractivity contribution is 0.0697. The monoisotopic (exact) mass is 296 g/mol. The third-order valence-corrected chi connectivity index (χ3v) is 3.63. The zero-order valence-electron chi connectivity index (χ0n) is 12.4. The minimum Gasteiger partial charge on any atom is -0.486 e. The minimum absolute atomic E-state index is 0.125. The quantitative estimate of drug-likeness (QED) is 0.765. The van der Waals surface area contributed by atoms with Crippen molar-refractivity contribution in [2.45, 2.75) is 20.0 Å². The number of benzene rings is 2. The first-order chi connectivity index (χ1) is 10.6. The molecular weight excluding hydrogens is 280 g/mol. The number of carbonyl (C=O) groups is 1. The number of aryl methyl sites for hydroxylation is 1. The number of rotatable bonds is 4. The highest BCUT2D eigenvalue weighted by atomic mass is 16.5. The van der Waals surface area contributed by atoms with Crippen molar-refractivity contribution < 1.29 is 19.1 Å². The van der Waals surface area contributed by atoms with Gasteiger partial charge in [0.2, 0.25) is 0 Å². The normalized spacial score (nSPS) is 12.3. The fourth-order valence-electron chi connectivity index (χ4n) is 2.53. The Morgan fingerprint density at radius 3 is 2.59 bits per heavy atom. The van der Waals surface area contributed by atoms with Crippen molar-refractivity contribution >= 4 is 16.9 Å². The fraction of sp³-hybridized carbons (Fsp3) is 0.167. The Labute approximate surface area is 127 Å². The van der Waals surface area contributed by atoms with Crippen molar-refractivity contribution in [3.05, 3.63) is 65.4 Å². The van der Waals surface area contributed by atoms with Gasteiger partial charge in [-0.05, 0) is 37.6 Å². The molecule has 3 rings (SSSR count). The van der Waals surface area contributed by atoms with Crippen LogP contribution in [0.25, 0.3) is 11.0 Å². The van der Waals surface area contributed by atoms with Crippen LogP contribution in [-0.4, -0.2) is 11.1 Å². The molecular formula is C18H16O4. The average Bonchev–Trinajstić information content (AvgIpc) is 2.83. The maximum Gasteiger partial charge on any atom is 0.339 e. The highest BCUT2D eigenvalue weighted by Crippen LogP contribution is 2.31. The molecule has 0 amide bonds. The van der Waals surface area contributed by atoms with Gasteiger partial charge in [-0.1, -0.05) is 30.3 Å². The highest BCUT2D eigenvalue weighted by Gasteiger charge is 2.18. The first kappa shape index (κ1) is 14.2. The van der Waals surface area contributed by atoms with Crippen molar-refractivity contribution in [1.29, 1.82) is 0 Å². The number of hydrogen-bond acceptors (Lipinski definition) is 3. The lowest BCUT2D eigenvalue weighted by Crippen LogP contribution is -2.03. The number of carboxylic acid groups (broad SMARTS) is 1. The van der Waals surface area contributed by atoms with Gasteiger partial charge in [-0.3, -0.25) is 0 Å². The Morgan fingerprint density at radius 2 is 1.91 bits per heavy atom. The topological polar surface area (TPSA) is 59.7 Å². The Balaban J connectivity index is 1.95. The fourth-order valence-corrected chi connectivity index (χ4v) is 2.53. The van der Waals surface area contributed by atoms with E-state index in [0.717, 1.165) is 5.56 Å². The first-order valence-corrected chi connectivity index (χ1v) is 7.04. The molecule has 22 heavy (non-hydrogen) atoms. The number of aromatic carboxylic acids is 1. The molecule has 0 aliphatic heterocycles. The summed E-state index contributed by atoms with van der Waals surface area (Å²) in [5.41, 5.74) is 1.80. The maximum atomic E-state index is 11.4. The van der Waals surface area contributed by atoms with Gasteiger partial charge in [-0.25, -0.2) is 4.79 Å². The van der Waals surface area contributed by atoms with Crippen LogP contribution in [0.3, 0.4) is 0 Å². The second kappa shape index (κ2) is 5.56. The lowest BCUT2D eigenvalue weighted by atomic mass is 10.1. The smallest absolute Gasteiger partial charge is 0.339 e. The molecule has 4 nitrogen and oxygen atoms in total. The molecule has 1 atom stereocenters.